The second kappa shape index (κ2) is 7.66. The molecule has 1 saturated heterocycles. The molecule has 3 heterocycles. The van der Waals surface area contributed by atoms with E-state index in [4.69, 9.17) is 15.2 Å². The van der Waals surface area contributed by atoms with Gasteiger partial charge in [-0.3, -0.25) is 14.6 Å². The maximum atomic E-state index is 12.7. The summed E-state index contributed by atoms with van der Waals surface area (Å²) < 4.78 is 5.25. The van der Waals surface area contributed by atoms with Crippen LogP contribution in [0, 0.1) is 0 Å². The second-order valence-electron chi connectivity index (χ2n) is 7.81. The lowest BCUT2D eigenvalue weighted by atomic mass is 9.89. The Balaban J connectivity index is 1.52. The van der Waals surface area contributed by atoms with Crippen molar-refractivity contribution in [1.82, 2.24) is 15.0 Å². The van der Waals surface area contributed by atoms with E-state index < -0.39 is 5.91 Å². The van der Waals surface area contributed by atoms with Gasteiger partial charge in [-0.15, -0.1) is 0 Å². The van der Waals surface area contributed by atoms with Gasteiger partial charge in [0.1, 0.15) is 5.76 Å². The van der Waals surface area contributed by atoms with Gasteiger partial charge in [0, 0.05) is 36.4 Å². The number of hydrogen-bond acceptors (Lipinski definition) is 5. The molecule has 0 unspecified atom stereocenters. The zero-order valence-electron chi connectivity index (χ0n) is 16.6. The van der Waals surface area contributed by atoms with E-state index in [2.05, 4.69) is 5.16 Å². The van der Waals surface area contributed by atoms with E-state index in [0.29, 0.717) is 42.9 Å². The highest BCUT2D eigenvalue weighted by molar-refractivity contribution is 5.98. The Kier molecular flexibility index (Phi) is 5.05. The normalized spacial score (nSPS) is 15.2. The average Bonchev–Trinajstić information content (AvgIpc) is 3.23. The van der Waals surface area contributed by atoms with Crippen LogP contribution in [0.5, 0.6) is 0 Å². The number of aromatic nitrogens is 2. The number of rotatable bonds is 4. The summed E-state index contributed by atoms with van der Waals surface area (Å²) in [7, 11) is 0. The number of para-hydroxylation sites is 1. The van der Waals surface area contributed by atoms with Gasteiger partial charge in [-0.05, 0) is 25.0 Å². The van der Waals surface area contributed by atoms with Crippen molar-refractivity contribution in [2.24, 2.45) is 5.73 Å². The van der Waals surface area contributed by atoms with Gasteiger partial charge in [-0.1, -0.05) is 37.2 Å². The lowest BCUT2D eigenvalue weighted by Crippen LogP contribution is -2.38. The number of nitrogens with zero attached hydrogens (tertiary/aromatic N) is 3. The third-order valence-corrected chi connectivity index (χ3v) is 5.50. The van der Waals surface area contributed by atoms with Crippen molar-refractivity contribution in [2.45, 2.75) is 38.5 Å². The number of piperidine rings is 1. The number of nitrogens with two attached hydrogens (primary N) is 1. The van der Waals surface area contributed by atoms with Crippen LogP contribution < -0.4 is 5.73 Å². The van der Waals surface area contributed by atoms with E-state index in [1.54, 1.807) is 11.0 Å². The van der Waals surface area contributed by atoms with Crippen molar-refractivity contribution in [3.8, 4) is 0 Å². The Bertz CT molecular complexity index is 1060. The second-order valence-corrected chi connectivity index (χ2v) is 7.81. The molecule has 2 N–H and O–H groups in total. The predicted molar refractivity (Wildman–Crippen MR) is 109 cm³/mol. The highest BCUT2D eigenvalue weighted by Crippen LogP contribution is 2.31. The van der Waals surface area contributed by atoms with Gasteiger partial charge in [-0.25, -0.2) is 0 Å². The molecule has 0 bridgehead atoms. The van der Waals surface area contributed by atoms with E-state index in [1.807, 2.05) is 44.2 Å². The average molecular weight is 392 g/mol. The first-order valence-corrected chi connectivity index (χ1v) is 9.89. The van der Waals surface area contributed by atoms with Gasteiger partial charge >= 0.3 is 0 Å². The number of fused-ring (bicyclic) bond motifs is 1. The Labute approximate surface area is 168 Å². The first kappa shape index (κ1) is 19.1. The molecule has 2 aromatic heterocycles. The SMILES string of the molecule is CC(C)c1cc(C(=O)N2CCC(c3nc4ccccc4cc3C(N)=O)CC2)no1. The fraction of sp³-hybridized carbons (Fsp3) is 0.364. The summed E-state index contributed by atoms with van der Waals surface area (Å²) in [4.78, 5) is 31.3. The van der Waals surface area contributed by atoms with Crippen LogP contribution in [-0.4, -0.2) is 39.9 Å². The van der Waals surface area contributed by atoms with Crippen molar-refractivity contribution < 1.29 is 14.1 Å². The summed E-state index contributed by atoms with van der Waals surface area (Å²) in [6.07, 6.45) is 1.43. The number of hydrogen-bond donors (Lipinski definition) is 1. The van der Waals surface area contributed by atoms with E-state index in [1.165, 1.54) is 0 Å². The third kappa shape index (κ3) is 3.72. The standard InChI is InChI=1S/C22H24N4O3/c1-13(2)19-12-18(25-29-19)22(28)26-9-7-14(8-10-26)20-16(21(23)27)11-15-5-3-4-6-17(15)24-20/h3-6,11-14H,7-10H2,1-2H3,(H2,23,27). The minimum atomic E-state index is -0.472. The van der Waals surface area contributed by atoms with Gasteiger partial charge < -0.3 is 15.2 Å². The molecule has 0 saturated carbocycles. The van der Waals surface area contributed by atoms with Crippen LogP contribution in [0.1, 0.15) is 70.8 Å². The van der Waals surface area contributed by atoms with Gasteiger partial charge in [-0.2, -0.15) is 0 Å². The number of pyridine rings is 1. The molecule has 1 fully saturated rings. The molecule has 7 nitrogen and oxygen atoms in total. The molecule has 150 valence electrons. The Morgan fingerprint density at radius 1 is 1.17 bits per heavy atom. The van der Waals surface area contributed by atoms with Crippen molar-refractivity contribution in [3.63, 3.8) is 0 Å². The Morgan fingerprint density at radius 2 is 1.90 bits per heavy atom. The fourth-order valence-electron chi connectivity index (χ4n) is 3.82. The van der Waals surface area contributed by atoms with E-state index >= 15 is 0 Å². The van der Waals surface area contributed by atoms with Gasteiger partial charge in [0.2, 0.25) is 0 Å². The molecule has 1 aromatic carbocycles. The molecule has 7 heteroatoms. The van der Waals surface area contributed by atoms with Crippen LogP contribution in [0.3, 0.4) is 0 Å². The van der Waals surface area contributed by atoms with Crippen molar-refractivity contribution in [1.29, 1.82) is 0 Å². The number of likely N-dealkylation sites (tertiary alicyclic amines) is 1. The molecule has 1 aliphatic heterocycles. The predicted octanol–water partition coefficient (Wildman–Crippen LogP) is 3.46. The monoisotopic (exact) mass is 392 g/mol. The molecule has 29 heavy (non-hydrogen) atoms. The first-order chi connectivity index (χ1) is 13.9. The smallest absolute Gasteiger partial charge is 0.276 e. The quantitative estimate of drug-likeness (QED) is 0.732. The Morgan fingerprint density at radius 3 is 2.55 bits per heavy atom. The van der Waals surface area contributed by atoms with Crippen molar-refractivity contribution in [3.05, 3.63) is 59.1 Å². The van der Waals surface area contributed by atoms with Crippen LogP contribution >= 0.6 is 0 Å². The molecule has 0 spiro atoms. The molecular weight excluding hydrogens is 368 g/mol. The summed E-state index contributed by atoms with van der Waals surface area (Å²) in [5.41, 5.74) is 8.01. The largest absolute Gasteiger partial charge is 0.366 e. The first-order valence-electron chi connectivity index (χ1n) is 9.89. The molecule has 3 aromatic rings. The molecule has 1 aliphatic rings. The summed E-state index contributed by atoms with van der Waals surface area (Å²) in [5, 5.41) is 4.81. The number of benzene rings is 1. The fourth-order valence-corrected chi connectivity index (χ4v) is 3.82. The summed E-state index contributed by atoms with van der Waals surface area (Å²) in [6.45, 7) is 5.13. The van der Waals surface area contributed by atoms with Crippen LogP contribution in [-0.2, 0) is 0 Å². The molecule has 0 aliphatic carbocycles. The van der Waals surface area contributed by atoms with Crippen molar-refractivity contribution in [2.75, 3.05) is 13.1 Å². The summed E-state index contributed by atoms with van der Waals surface area (Å²) in [6, 6.07) is 11.2. The summed E-state index contributed by atoms with van der Waals surface area (Å²) >= 11 is 0. The maximum absolute atomic E-state index is 12.7. The van der Waals surface area contributed by atoms with Gasteiger partial charge in [0.15, 0.2) is 5.69 Å². The highest BCUT2D eigenvalue weighted by atomic mass is 16.5. The van der Waals surface area contributed by atoms with E-state index in [-0.39, 0.29) is 17.7 Å². The van der Waals surface area contributed by atoms with Gasteiger partial charge in [0.05, 0.1) is 16.8 Å². The number of amides is 2. The number of primary amides is 1. The number of carbonyl (C=O) groups excluding carboxylic acids is 2. The lowest BCUT2D eigenvalue weighted by molar-refractivity contribution is 0.0700. The molecule has 2 amide bonds. The van der Waals surface area contributed by atoms with Crippen LogP contribution in [0.4, 0.5) is 0 Å². The minimum absolute atomic E-state index is 0.0784. The van der Waals surface area contributed by atoms with Crippen molar-refractivity contribution >= 4 is 22.7 Å². The minimum Gasteiger partial charge on any atom is -0.366 e. The van der Waals surface area contributed by atoms with Crippen LogP contribution in [0.25, 0.3) is 10.9 Å². The topological polar surface area (TPSA) is 102 Å². The van der Waals surface area contributed by atoms with E-state index in [9.17, 15) is 9.59 Å². The lowest BCUT2D eigenvalue weighted by Gasteiger charge is -2.31. The summed E-state index contributed by atoms with van der Waals surface area (Å²) in [5.74, 6) is 0.367. The molecule has 4 rings (SSSR count). The number of carbonyl (C=O) groups is 2. The molecule has 0 atom stereocenters. The highest BCUT2D eigenvalue weighted by Gasteiger charge is 2.29. The zero-order valence-corrected chi connectivity index (χ0v) is 16.6. The van der Waals surface area contributed by atoms with Crippen LogP contribution in [0.15, 0.2) is 40.9 Å². The van der Waals surface area contributed by atoms with E-state index in [0.717, 1.165) is 16.6 Å². The maximum Gasteiger partial charge on any atom is 0.276 e. The molecule has 0 radical (unpaired) electrons. The van der Waals surface area contributed by atoms with Gasteiger partial charge in [0.25, 0.3) is 11.8 Å². The molecular formula is C22H24N4O3. The zero-order chi connectivity index (χ0) is 20.5. The third-order valence-electron chi connectivity index (χ3n) is 5.50. The Hall–Kier alpha value is -3.22. The van der Waals surface area contributed by atoms with Crippen LogP contribution in [0.2, 0.25) is 0 Å².